The van der Waals surface area contributed by atoms with Gasteiger partial charge in [-0.3, -0.25) is 4.79 Å². The lowest BCUT2D eigenvalue weighted by atomic mass is 9.84. The highest BCUT2D eigenvalue weighted by atomic mass is 35.5. The number of carbonyl (C=O) groups is 1. The molecule has 0 bridgehead atoms. The second-order valence-corrected chi connectivity index (χ2v) is 5.26. The van der Waals surface area contributed by atoms with Crippen molar-refractivity contribution in [2.75, 3.05) is 6.54 Å². The number of benzene rings is 1. The third-order valence-electron chi connectivity index (χ3n) is 3.84. The van der Waals surface area contributed by atoms with Crippen molar-refractivity contribution in [1.29, 1.82) is 0 Å². The summed E-state index contributed by atoms with van der Waals surface area (Å²) < 4.78 is 12.8. The summed E-state index contributed by atoms with van der Waals surface area (Å²) in [5, 5.41) is 3.07. The summed E-state index contributed by atoms with van der Waals surface area (Å²) in [6.45, 7) is 0.626. The van der Waals surface area contributed by atoms with Crippen molar-refractivity contribution in [1.82, 2.24) is 5.32 Å². The third-order valence-corrected chi connectivity index (χ3v) is 3.84. The van der Waals surface area contributed by atoms with Crippen LogP contribution in [0, 0.1) is 11.7 Å². The molecule has 112 valence electrons. The largest absolute Gasteiger partial charge is 0.353 e. The molecule has 1 fully saturated rings. The van der Waals surface area contributed by atoms with E-state index in [9.17, 15) is 9.18 Å². The van der Waals surface area contributed by atoms with Gasteiger partial charge in [0.15, 0.2) is 0 Å². The minimum atomic E-state index is -0.278. The fourth-order valence-electron chi connectivity index (χ4n) is 2.73. The fourth-order valence-corrected chi connectivity index (χ4v) is 2.73. The quantitative estimate of drug-likeness (QED) is 0.897. The number of hydrogen-bond donors (Lipinski definition) is 2. The van der Waals surface area contributed by atoms with Crippen LogP contribution in [0.15, 0.2) is 24.3 Å². The lowest BCUT2D eigenvalue weighted by molar-refractivity contribution is -0.121. The molecule has 2 atom stereocenters. The van der Waals surface area contributed by atoms with Crippen LogP contribution in [0.1, 0.15) is 31.2 Å². The van der Waals surface area contributed by atoms with E-state index < -0.39 is 0 Å². The van der Waals surface area contributed by atoms with Crippen molar-refractivity contribution in [3.8, 4) is 0 Å². The normalized spacial score (nSPS) is 21.9. The minimum absolute atomic E-state index is 0. The summed E-state index contributed by atoms with van der Waals surface area (Å²) in [6, 6.07) is 6.26. The molecule has 0 spiro atoms. The molecule has 2 rings (SSSR count). The second-order valence-electron chi connectivity index (χ2n) is 5.26. The van der Waals surface area contributed by atoms with E-state index in [1.807, 2.05) is 0 Å². The Hall–Kier alpha value is -1.13. The van der Waals surface area contributed by atoms with Gasteiger partial charge >= 0.3 is 0 Å². The van der Waals surface area contributed by atoms with Crippen molar-refractivity contribution in [2.24, 2.45) is 11.7 Å². The molecule has 3 nitrogen and oxygen atoms in total. The average Bonchev–Trinajstić information content (AvgIpc) is 2.42. The van der Waals surface area contributed by atoms with Crippen LogP contribution < -0.4 is 11.1 Å². The summed E-state index contributed by atoms with van der Waals surface area (Å²) in [7, 11) is 0. The zero-order valence-corrected chi connectivity index (χ0v) is 12.3. The van der Waals surface area contributed by atoms with E-state index >= 15 is 0 Å². The van der Waals surface area contributed by atoms with Crippen LogP contribution in [-0.2, 0) is 11.2 Å². The Labute approximate surface area is 125 Å². The van der Waals surface area contributed by atoms with Gasteiger partial charge in [-0.1, -0.05) is 25.0 Å². The van der Waals surface area contributed by atoms with Crippen LogP contribution in [0.25, 0.3) is 0 Å². The van der Waals surface area contributed by atoms with Crippen LogP contribution in [0.5, 0.6) is 0 Å². The van der Waals surface area contributed by atoms with Gasteiger partial charge in [0.05, 0.1) is 6.42 Å². The van der Waals surface area contributed by atoms with Crippen LogP contribution in [0.2, 0.25) is 0 Å². The number of amides is 1. The summed E-state index contributed by atoms with van der Waals surface area (Å²) in [4.78, 5) is 12.0. The number of halogens is 2. The van der Waals surface area contributed by atoms with Gasteiger partial charge in [0.1, 0.15) is 5.82 Å². The highest BCUT2D eigenvalue weighted by molar-refractivity contribution is 5.85. The Morgan fingerprint density at radius 1 is 1.25 bits per heavy atom. The lowest BCUT2D eigenvalue weighted by Gasteiger charge is -2.31. The topological polar surface area (TPSA) is 55.1 Å². The molecule has 1 aromatic carbocycles. The molecule has 1 aromatic rings. The second kappa shape index (κ2) is 8.22. The Morgan fingerprint density at radius 2 is 1.90 bits per heavy atom. The zero-order chi connectivity index (χ0) is 13.7. The number of nitrogens with two attached hydrogens (primary N) is 1. The molecule has 0 radical (unpaired) electrons. The van der Waals surface area contributed by atoms with Crippen molar-refractivity contribution in [2.45, 2.75) is 38.1 Å². The Kier molecular flexibility index (Phi) is 6.96. The minimum Gasteiger partial charge on any atom is -0.353 e. The van der Waals surface area contributed by atoms with E-state index in [4.69, 9.17) is 5.73 Å². The highest BCUT2D eigenvalue weighted by Crippen LogP contribution is 2.23. The number of nitrogens with one attached hydrogen (secondary N) is 1. The Bertz CT molecular complexity index is 424. The molecule has 0 aliphatic heterocycles. The molecular weight excluding hydrogens is 279 g/mol. The Balaban J connectivity index is 0.00000200. The molecule has 0 aromatic heterocycles. The van der Waals surface area contributed by atoms with Crippen molar-refractivity contribution < 1.29 is 9.18 Å². The Morgan fingerprint density at radius 3 is 2.55 bits per heavy atom. The van der Waals surface area contributed by atoms with Gasteiger partial charge in [-0.25, -0.2) is 4.39 Å². The van der Waals surface area contributed by atoms with Gasteiger partial charge in [0, 0.05) is 6.04 Å². The van der Waals surface area contributed by atoms with E-state index in [-0.39, 0.29) is 30.2 Å². The van der Waals surface area contributed by atoms with Crippen molar-refractivity contribution in [3.63, 3.8) is 0 Å². The van der Waals surface area contributed by atoms with Gasteiger partial charge < -0.3 is 11.1 Å². The van der Waals surface area contributed by atoms with Gasteiger partial charge in [-0.2, -0.15) is 0 Å². The van der Waals surface area contributed by atoms with E-state index in [1.165, 1.54) is 18.6 Å². The maximum Gasteiger partial charge on any atom is 0.224 e. The first-order chi connectivity index (χ1) is 9.19. The zero-order valence-electron chi connectivity index (χ0n) is 11.5. The average molecular weight is 301 g/mol. The summed E-state index contributed by atoms with van der Waals surface area (Å²) in [5.41, 5.74) is 6.58. The summed E-state index contributed by atoms with van der Waals surface area (Å²) in [5.74, 6) is 0.113. The van der Waals surface area contributed by atoms with E-state index in [0.717, 1.165) is 24.8 Å². The number of hydrogen-bond acceptors (Lipinski definition) is 2. The molecule has 0 saturated heterocycles. The predicted octanol–water partition coefficient (Wildman–Crippen LogP) is 2.42. The number of rotatable bonds is 4. The summed E-state index contributed by atoms with van der Waals surface area (Å²) in [6.07, 6.45) is 4.76. The van der Waals surface area contributed by atoms with E-state index in [2.05, 4.69) is 5.32 Å². The van der Waals surface area contributed by atoms with Gasteiger partial charge in [-0.15, -0.1) is 12.4 Å². The number of carbonyl (C=O) groups excluding carboxylic acids is 1. The van der Waals surface area contributed by atoms with E-state index in [1.54, 1.807) is 12.1 Å². The maximum absolute atomic E-state index is 12.8. The van der Waals surface area contributed by atoms with Gasteiger partial charge in [0.25, 0.3) is 0 Å². The van der Waals surface area contributed by atoms with Gasteiger partial charge in [-0.05, 0) is 43.0 Å². The van der Waals surface area contributed by atoms with Crippen LogP contribution in [-0.4, -0.2) is 18.5 Å². The molecule has 2 unspecified atom stereocenters. The molecule has 5 heteroatoms. The molecule has 3 N–H and O–H groups in total. The SMILES string of the molecule is Cl.NCC1CCCCC1NC(=O)Cc1ccc(F)cc1. The van der Waals surface area contributed by atoms with Crippen LogP contribution in [0.3, 0.4) is 0 Å². The predicted molar refractivity (Wildman–Crippen MR) is 80.3 cm³/mol. The third kappa shape index (κ3) is 4.76. The monoisotopic (exact) mass is 300 g/mol. The molecule has 1 saturated carbocycles. The van der Waals surface area contributed by atoms with Crippen molar-refractivity contribution in [3.05, 3.63) is 35.6 Å². The molecule has 1 amide bonds. The smallest absolute Gasteiger partial charge is 0.224 e. The summed E-state index contributed by atoms with van der Waals surface area (Å²) >= 11 is 0. The van der Waals surface area contributed by atoms with Gasteiger partial charge in [0.2, 0.25) is 5.91 Å². The molecule has 1 aliphatic carbocycles. The maximum atomic E-state index is 12.8. The first kappa shape index (κ1) is 16.9. The van der Waals surface area contributed by atoms with Crippen molar-refractivity contribution >= 4 is 18.3 Å². The first-order valence-electron chi connectivity index (χ1n) is 6.93. The van der Waals surface area contributed by atoms with Crippen LogP contribution >= 0.6 is 12.4 Å². The fraction of sp³-hybridized carbons (Fsp3) is 0.533. The first-order valence-corrected chi connectivity index (χ1v) is 6.93. The van der Waals surface area contributed by atoms with E-state index in [0.29, 0.717) is 18.9 Å². The standard InChI is InChI=1S/C15H21FN2O.ClH/c16-13-7-5-11(6-8-13)9-15(19)18-14-4-2-1-3-12(14)10-17;/h5-8,12,14H,1-4,9-10,17H2,(H,18,19);1H. The molecular formula is C15H22ClFN2O. The highest BCUT2D eigenvalue weighted by Gasteiger charge is 2.25. The lowest BCUT2D eigenvalue weighted by Crippen LogP contribution is -2.45. The van der Waals surface area contributed by atoms with Crippen LogP contribution in [0.4, 0.5) is 4.39 Å². The molecule has 0 heterocycles. The molecule has 1 aliphatic rings. The molecule has 20 heavy (non-hydrogen) atoms.